The number of carbonyl (C=O) groups is 2. The fraction of sp³-hybridized carbons (Fsp3) is 0.500. The van der Waals surface area contributed by atoms with Gasteiger partial charge in [-0.25, -0.2) is 0 Å². The van der Waals surface area contributed by atoms with Crippen molar-refractivity contribution in [3.05, 3.63) is 35.4 Å². The third-order valence-corrected chi connectivity index (χ3v) is 3.12. The Hall–Kier alpha value is -1.84. The Morgan fingerprint density at radius 2 is 1.85 bits per heavy atom. The molecule has 2 amide bonds. The van der Waals surface area contributed by atoms with Crippen LogP contribution in [-0.2, 0) is 16.1 Å². The second kappa shape index (κ2) is 8.35. The van der Waals surface area contributed by atoms with Crippen molar-refractivity contribution in [2.75, 3.05) is 13.1 Å². The minimum Gasteiger partial charge on any atom is -0.354 e. The van der Waals surface area contributed by atoms with Gasteiger partial charge < -0.3 is 10.2 Å². The largest absolute Gasteiger partial charge is 0.354 e. The molecule has 110 valence electrons. The quantitative estimate of drug-likeness (QED) is 0.830. The number of amides is 2. The number of nitrogens with one attached hydrogen (secondary N) is 1. The van der Waals surface area contributed by atoms with Gasteiger partial charge in [0, 0.05) is 33.0 Å². The summed E-state index contributed by atoms with van der Waals surface area (Å²) in [6, 6.07) is 8.13. The highest BCUT2D eigenvalue weighted by atomic mass is 16.2. The number of hydrogen-bond donors (Lipinski definition) is 1. The van der Waals surface area contributed by atoms with Crippen LogP contribution in [0.25, 0.3) is 0 Å². The molecule has 0 bridgehead atoms. The maximum absolute atomic E-state index is 11.6. The third-order valence-electron chi connectivity index (χ3n) is 3.12. The van der Waals surface area contributed by atoms with Crippen LogP contribution in [0.4, 0.5) is 0 Å². The van der Waals surface area contributed by atoms with Gasteiger partial charge in [0.15, 0.2) is 0 Å². The molecule has 0 aliphatic carbocycles. The Kier molecular flexibility index (Phi) is 6.77. The van der Waals surface area contributed by atoms with E-state index < -0.39 is 0 Å². The Morgan fingerprint density at radius 1 is 1.20 bits per heavy atom. The molecule has 0 aliphatic rings. The number of rotatable bonds is 7. The van der Waals surface area contributed by atoms with Gasteiger partial charge >= 0.3 is 0 Å². The van der Waals surface area contributed by atoms with E-state index in [1.165, 1.54) is 5.56 Å². The van der Waals surface area contributed by atoms with E-state index in [1.807, 2.05) is 38.1 Å². The van der Waals surface area contributed by atoms with Crippen molar-refractivity contribution in [2.24, 2.45) is 0 Å². The normalized spacial score (nSPS) is 10.2. The number of hydrogen-bond acceptors (Lipinski definition) is 2. The first-order valence-electron chi connectivity index (χ1n) is 7.10. The van der Waals surface area contributed by atoms with Gasteiger partial charge in [-0.3, -0.25) is 9.59 Å². The molecule has 20 heavy (non-hydrogen) atoms. The molecule has 4 heteroatoms. The summed E-state index contributed by atoms with van der Waals surface area (Å²) >= 11 is 0. The van der Waals surface area contributed by atoms with E-state index in [0.717, 1.165) is 12.0 Å². The summed E-state index contributed by atoms with van der Waals surface area (Å²) in [5, 5.41) is 2.83. The van der Waals surface area contributed by atoms with Gasteiger partial charge in [-0.05, 0) is 18.9 Å². The molecule has 0 aliphatic heterocycles. The van der Waals surface area contributed by atoms with Crippen molar-refractivity contribution in [2.45, 2.75) is 40.2 Å². The molecule has 0 aromatic heterocycles. The molecule has 0 radical (unpaired) electrons. The van der Waals surface area contributed by atoms with Crippen LogP contribution in [0.2, 0.25) is 0 Å². The van der Waals surface area contributed by atoms with E-state index in [-0.39, 0.29) is 11.8 Å². The fourth-order valence-corrected chi connectivity index (χ4v) is 1.91. The summed E-state index contributed by atoms with van der Waals surface area (Å²) in [5.41, 5.74) is 2.31. The molecule has 1 aromatic carbocycles. The smallest absolute Gasteiger partial charge is 0.220 e. The van der Waals surface area contributed by atoms with Gasteiger partial charge in [-0.15, -0.1) is 0 Å². The van der Waals surface area contributed by atoms with Crippen molar-refractivity contribution in [3.63, 3.8) is 0 Å². The Morgan fingerprint density at radius 3 is 2.40 bits per heavy atom. The first-order chi connectivity index (χ1) is 9.52. The topological polar surface area (TPSA) is 49.4 Å². The first kappa shape index (κ1) is 16.2. The van der Waals surface area contributed by atoms with Crippen molar-refractivity contribution in [1.82, 2.24) is 10.2 Å². The SMILES string of the molecule is CCCC(=O)NCCN(Cc1ccc(C)cc1)C(C)=O. The molecule has 0 heterocycles. The van der Waals surface area contributed by atoms with Gasteiger partial charge in [0.1, 0.15) is 0 Å². The van der Waals surface area contributed by atoms with E-state index in [0.29, 0.717) is 26.1 Å². The van der Waals surface area contributed by atoms with Gasteiger partial charge in [-0.1, -0.05) is 36.8 Å². The van der Waals surface area contributed by atoms with Crippen molar-refractivity contribution in [1.29, 1.82) is 0 Å². The molecular weight excluding hydrogens is 252 g/mol. The van der Waals surface area contributed by atoms with Crippen LogP contribution in [0.5, 0.6) is 0 Å². The predicted octanol–water partition coefficient (Wildman–Crippen LogP) is 2.26. The molecule has 0 atom stereocenters. The predicted molar refractivity (Wildman–Crippen MR) is 80.2 cm³/mol. The maximum atomic E-state index is 11.6. The van der Waals surface area contributed by atoms with E-state index in [9.17, 15) is 9.59 Å². The lowest BCUT2D eigenvalue weighted by Crippen LogP contribution is -2.37. The van der Waals surface area contributed by atoms with Gasteiger partial charge in [0.05, 0.1) is 0 Å². The molecule has 1 N–H and O–H groups in total. The molecular formula is C16H24N2O2. The fourth-order valence-electron chi connectivity index (χ4n) is 1.91. The average Bonchev–Trinajstić information content (AvgIpc) is 2.40. The standard InChI is InChI=1S/C16H24N2O2/c1-4-5-16(20)17-10-11-18(14(3)19)12-15-8-6-13(2)7-9-15/h6-9H,4-5,10-12H2,1-3H3,(H,17,20). The summed E-state index contributed by atoms with van der Waals surface area (Å²) in [6.45, 7) is 7.19. The van der Waals surface area contributed by atoms with Gasteiger partial charge in [-0.2, -0.15) is 0 Å². The summed E-state index contributed by atoms with van der Waals surface area (Å²) in [6.07, 6.45) is 1.38. The minimum atomic E-state index is 0.0234. The zero-order chi connectivity index (χ0) is 15.0. The van der Waals surface area contributed by atoms with Gasteiger partial charge in [0.25, 0.3) is 0 Å². The Bertz CT molecular complexity index is 440. The van der Waals surface area contributed by atoms with Crippen LogP contribution in [0.3, 0.4) is 0 Å². The summed E-state index contributed by atoms with van der Waals surface area (Å²) < 4.78 is 0. The molecule has 4 nitrogen and oxygen atoms in total. The lowest BCUT2D eigenvalue weighted by atomic mass is 10.1. The molecule has 0 unspecified atom stereocenters. The van der Waals surface area contributed by atoms with Crippen molar-refractivity contribution < 1.29 is 9.59 Å². The lowest BCUT2D eigenvalue weighted by Gasteiger charge is -2.21. The minimum absolute atomic E-state index is 0.0234. The molecule has 0 saturated heterocycles. The lowest BCUT2D eigenvalue weighted by molar-refractivity contribution is -0.130. The van der Waals surface area contributed by atoms with Crippen LogP contribution >= 0.6 is 0 Å². The van der Waals surface area contributed by atoms with Gasteiger partial charge in [0.2, 0.25) is 11.8 Å². The van der Waals surface area contributed by atoms with Crippen LogP contribution in [-0.4, -0.2) is 29.8 Å². The number of carbonyl (C=O) groups excluding carboxylic acids is 2. The molecule has 1 rings (SSSR count). The Labute approximate surface area is 121 Å². The Balaban J connectivity index is 2.46. The summed E-state index contributed by atoms with van der Waals surface area (Å²) in [4.78, 5) is 24.8. The zero-order valence-electron chi connectivity index (χ0n) is 12.6. The van der Waals surface area contributed by atoms with Crippen LogP contribution in [0.1, 0.15) is 37.8 Å². The van der Waals surface area contributed by atoms with E-state index >= 15 is 0 Å². The average molecular weight is 276 g/mol. The third kappa shape index (κ3) is 5.87. The first-order valence-corrected chi connectivity index (χ1v) is 7.10. The molecule has 0 fully saturated rings. The maximum Gasteiger partial charge on any atom is 0.220 e. The van der Waals surface area contributed by atoms with Crippen LogP contribution < -0.4 is 5.32 Å². The highest BCUT2D eigenvalue weighted by Gasteiger charge is 2.09. The second-order valence-electron chi connectivity index (χ2n) is 5.03. The molecule has 0 spiro atoms. The highest BCUT2D eigenvalue weighted by Crippen LogP contribution is 2.07. The van der Waals surface area contributed by atoms with E-state index in [4.69, 9.17) is 0 Å². The number of nitrogens with zero attached hydrogens (tertiary/aromatic N) is 1. The van der Waals surface area contributed by atoms with Crippen LogP contribution in [0, 0.1) is 6.92 Å². The molecule has 1 aromatic rings. The number of aryl methyl sites for hydroxylation is 1. The molecule has 0 saturated carbocycles. The van der Waals surface area contributed by atoms with Crippen LogP contribution in [0.15, 0.2) is 24.3 Å². The summed E-state index contributed by atoms with van der Waals surface area (Å²) in [5.74, 6) is 0.0710. The van der Waals surface area contributed by atoms with E-state index in [2.05, 4.69) is 5.32 Å². The second-order valence-corrected chi connectivity index (χ2v) is 5.03. The highest BCUT2D eigenvalue weighted by molar-refractivity contribution is 5.76. The van der Waals surface area contributed by atoms with E-state index in [1.54, 1.807) is 11.8 Å². The zero-order valence-corrected chi connectivity index (χ0v) is 12.6. The monoisotopic (exact) mass is 276 g/mol. The van der Waals surface area contributed by atoms with Crippen molar-refractivity contribution >= 4 is 11.8 Å². The van der Waals surface area contributed by atoms with Crippen molar-refractivity contribution in [3.8, 4) is 0 Å². The number of benzene rings is 1. The summed E-state index contributed by atoms with van der Waals surface area (Å²) in [7, 11) is 0.